The molecule has 28 heavy (non-hydrogen) atoms. The standard InChI is InChI=1S/C19H22N6O2S/c1-11-9-15(27-23-11)18-16(22-24-28-18)12-5-4-8-25(10-12)19(26)17-13-6-2-3-7-14(13)20-21-17/h9,12H,2-8,10H2,1H3,(H,20,21)/t12-/m0/s1. The predicted octanol–water partition coefficient (Wildman–Crippen LogP) is 3.12. The summed E-state index contributed by atoms with van der Waals surface area (Å²) in [5.74, 6) is 0.878. The molecule has 8 nitrogen and oxygen atoms in total. The van der Waals surface area contributed by atoms with Gasteiger partial charge in [0.1, 0.15) is 4.88 Å². The number of carbonyl (C=O) groups is 1. The SMILES string of the molecule is Cc1cc(-c2snnc2[C@H]2CCCN(C(=O)c3n[nH]c4c3CCCC4)C2)on1. The second-order valence-corrected chi connectivity index (χ2v) is 8.40. The second kappa shape index (κ2) is 7.12. The van der Waals surface area contributed by atoms with E-state index < -0.39 is 0 Å². The van der Waals surface area contributed by atoms with E-state index in [2.05, 4.69) is 24.9 Å². The summed E-state index contributed by atoms with van der Waals surface area (Å²) in [4.78, 5) is 16.0. The lowest BCUT2D eigenvalue weighted by molar-refractivity contribution is 0.0698. The smallest absolute Gasteiger partial charge is 0.274 e. The zero-order valence-electron chi connectivity index (χ0n) is 15.8. The Hall–Kier alpha value is -2.55. The number of amides is 1. The van der Waals surface area contributed by atoms with Gasteiger partial charge >= 0.3 is 0 Å². The lowest BCUT2D eigenvalue weighted by Crippen LogP contribution is -2.40. The summed E-state index contributed by atoms with van der Waals surface area (Å²) in [6.45, 7) is 3.28. The van der Waals surface area contributed by atoms with E-state index in [0.717, 1.165) is 72.6 Å². The molecule has 0 spiro atoms. The van der Waals surface area contributed by atoms with Crippen LogP contribution in [-0.2, 0) is 12.8 Å². The number of rotatable bonds is 3. The minimum absolute atomic E-state index is 0.0318. The molecule has 1 amide bonds. The average molecular weight is 398 g/mol. The van der Waals surface area contributed by atoms with Gasteiger partial charge in [-0.2, -0.15) is 5.10 Å². The molecule has 1 aliphatic heterocycles. The molecule has 1 fully saturated rings. The number of fused-ring (bicyclic) bond motifs is 1. The fourth-order valence-corrected chi connectivity index (χ4v) is 5.00. The van der Waals surface area contributed by atoms with Gasteiger partial charge in [0, 0.05) is 36.3 Å². The van der Waals surface area contributed by atoms with Crippen LogP contribution >= 0.6 is 11.5 Å². The third-order valence-corrected chi connectivity index (χ3v) is 6.48. The topological polar surface area (TPSA) is 101 Å². The molecule has 3 aromatic rings. The first kappa shape index (κ1) is 17.5. The third kappa shape index (κ3) is 3.03. The maximum absolute atomic E-state index is 13.2. The number of aromatic amines is 1. The molecule has 2 aliphatic rings. The molecule has 0 unspecified atom stereocenters. The summed E-state index contributed by atoms with van der Waals surface area (Å²) in [5, 5.41) is 15.8. The van der Waals surface area contributed by atoms with E-state index in [1.165, 1.54) is 11.5 Å². The normalized spacial score (nSPS) is 19.6. The summed E-state index contributed by atoms with van der Waals surface area (Å²) in [5.41, 5.74) is 4.60. The van der Waals surface area contributed by atoms with Crippen LogP contribution in [0, 0.1) is 6.92 Å². The molecule has 4 heterocycles. The van der Waals surface area contributed by atoms with Gasteiger partial charge in [-0.3, -0.25) is 9.89 Å². The maximum Gasteiger partial charge on any atom is 0.274 e. The van der Waals surface area contributed by atoms with E-state index in [1.54, 1.807) is 0 Å². The molecule has 146 valence electrons. The summed E-state index contributed by atoms with van der Waals surface area (Å²) in [6.07, 6.45) is 6.14. The third-order valence-electron chi connectivity index (χ3n) is 5.72. The molecule has 5 rings (SSSR count). The number of hydrogen-bond donors (Lipinski definition) is 1. The van der Waals surface area contributed by atoms with E-state index in [-0.39, 0.29) is 11.8 Å². The van der Waals surface area contributed by atoms with E-state index in [1.807, 2.05) is 17.9 Å². The first-order valence-corrected chi connectivity index (χ1v) is 10.6. The first-order valence-electron chi connectivity index (χ1n) is 9.82. The van der Waals surface area contributed by atoms with Gasteiger partial charge in [0.05, 0.1) is 11.4 Å². The Balaban J connectivity index is 1.38. The summed E-state index contributed by atoms with van der Waals surface area (Å²) < 4.78 is 9.56. The highest BCUT2D eigenvalue weighted by Gasteiger charge is 2.32. The second-order valence-electron chi connectivity index (χ2n) is 7.65. The number of aryl methyl sites for hydroxylation is 2. The Kier molecular flexibility index (Phi) is 4.46. The molecule has 0 radical (unpaired) electrons. The fraction of sp³-hybridized carbons (Fsp3) is 0.526. The van der Waals surface area contributed by atoms with Crippen LogP contribution in [0.2, 0.25) is 0 Å². The summed E-state index contributed by atoms with van der Waals surface area (Å²) >= 11 is 1.32. The van der Waals surface area contributed by atoms with Crippen molar-refractivity contribution in [2.24, 2.45) is 0 Å². The lowest BCUT2D eigenvalue weighted by atomic mass is 9.92. The minimum atomic E-state index is 0.0318. The molecular formula is C19H22N6O2S. The average Bonchev–Trinajstić information content (AvgIpc) is 3.46. The summed E-state index contributed by atoms with van der Waals surface area (Å²) in [6, 6.07) is 1.90. The van der Waals surface area contributed by atoms with E-state index in [0.29, 0.717) is 18.0 Å². The molecule has 0 saturated carbocycles. The van der Waals surface area contributed by atoms with Gasteiger partial charge in [-0.15, -0.1) is 5.10 Å². The van der Waals surface area contributed by atoms with E-state index in [9.17, 15) is 4.79 Å². The largest absolute Gasteiger partial charge is 0.355 e. The number of nitrogens with zero attached hydrogens (tertiary/aromatic N) is 5. The van der Waals surface area contributed by atoms with Crippen LogP contribution in [0.4, 0.5) is 0 Å². The Morgan fingerprint density at radius 2 is 2.21 bits per heavy atom. The van der Waals surface area contributed by atoms with Crippen molar-refractivity contribution in [1.29, 1.82) is 0 Å². The van der Waals surface area contributed by atoms with E-state index >= 15 is 0 Å². The van der Waals surface area contributed by atoms with Gasteiger partial charge in [-0.1, -0.05) is 9.64 Å². The maximum atomic E-state index is 13.2. The van der Waals surface area contributed by atoms with Gasteiger partial charge in [0.25, 0.3) is 5.91 Å². The monoisotopic (exact) mass is 398 g/mol. The zero-order chi connectivity index (χ0) is 19.1. The number of hydrogen-bond acceptors (Lipinski definition) is 7. The number of likely N-dealkylation sites (tertiary alicyclic amines) is 1. The highest BCUT2D eigenvalue weighted by molar-refractivity contribution is 7.09. The molecule has 0 bridgehead atoms. The summed E-state index contributed by atoms with van der Waals surface area (Å²) in [7, 11) is 0. The van der Waals surface area contributed by atoms with Crippen LogP contribution in [0.25, 0.3) is 10.6 Å². The molecule has 1 N–H and O–H groups in total. The number of carbonyl (C=O) groups excluding carboxylic acids is 1. The van der Waals surface area contributed by atoms with Crippen LogP contribution in [-0.4, -0.2) is 48.8 Å². The fourth-order valence-electron chi connectivity index (χ4n) is 4.30. The van der Waals surface area contributed by atoms with Crippen molar-refractivity contribution in [3.8, 4) is 10.6 Å². The van der Waals surface area contributed by atoms with Crippen LogP contribution < -0.4 is 0 Å². The van der Waals surface area contributed by atoms with Gasteiger partial charge in [0.15, 0.2) is 11.5 Å². The minimum Gasteiger partial charge on any atom is -0.355 e. The Morgan fingerprint density at radius 3 is 3.07 bits per heavy atom. The van der Waals surface area contributed by atoms with Crippen LogP contribution in [0.3, 0.4) is 0 Å². The van der Waals surface area contributed by atoms with Gasteiger partial charge in [0.2, 0.25) is 0 Å². The van der Waals surface area contributed by atoms with Crippen molar-refractivity contribution >= 4 is 17.4 Å². The van der Waals surface area contributed by atoms with Crippen LogP contribution in [0.5, 0.6) is 0 Å². The lowest BCUT2D eigenvalue weighted by Gasteiger charge is -2.32. The highest BCUT2D eigenvalue weighted by atomic mass is 32.1. The van der Waals surface area contributed by atoms with Crippen molar-refractivity contribution in [3.63, 3.8) is 0 Å². The number of aromatic nitrogens is 5. The quantitative estimate of drug-likeness (QED) is 0.727. The van der Waals surface area contributed by atoms with Crippen molar-refractivity contribution in [2.45, 2.75) is 51.4 Å². The highest BCUT2D eigenvalue weighted by Crippen LogP contribution is 2.36. The molecule has 1 atom stereocenters. The van der Waals surface area contributed by atoms with Crippen molar-refractivity contribution in [2.75, 3.05) is 13.1 Å². The van der Waals surface area contributed by atoms with Gasteiger partial charge < -0.3 is 9.42 Å². The first-order chi connectivity index (χ1) is 13.7. The number of H-pyrrole nitrogens is 1. The Morgan fingerprint density at radius 1 is 1.32 bits per heavy atom. The van der Waals surface area contributed by atoms with Crippen molar-refractivity contribution in [3.05, 3.63) is 34.4 Å². The molecule has 3 aromatic heterocycles. The van der Waals surface area contributed by atoms with Crippen LogP contribution in [0.1, 0.15) is 64.7 Å². The van der Waals surface area contributed by atoms with Gasteiger partial charge in [-0.25, -0.2) is 0 Å². The van der Waals surface area contributed by atoms with Crippen LogP contribution in [0.15, 0.2) is 10.6 Å². The van der Waals surface area contributed by atoms with Gasteiger partial charge in [-0.05, 0) is 57.0 Å². The Labute approximate surface area is 166 Å². The van der Waals surface area contributed by atoms with Crippen molar-refractivity contribution in [1.82, 2.24) is 29.8 Å². The predicted molar refractivity (Wildman–Crippen MR) is 103 cm³/mol. The van der Waals surface area contributed by atoms with Crippen molar-refractivity contribution < 1.29 is 9.32 Å². The number of piperidine rings is 1. The number of nitrogens with one attached hydrogen (secondary N) is 1. The molecule has 1 saturated heterocycles. The molecule has 0 aromatic carbocycles. The Bertz CT molecular complexity index is 1010. The van der Waals surface area contributed by atoms with E-state index in [4.69, 9.17) is 4.52 Å². The molecular weight excluding hydrogens is 376 g/mol. The molecule has 9 heteroatoms. The molecule has 1 aliphatic carbocycles. The zero-order valence-corrected chi connectivity index (χ0v) is 16.6.